The molecule has 1 N–H and O–H groups in total. The first kappa shape index (κ1) is 22.5. The molecule has 0 bridgehead atoms. The summed E-state index contributed by atoms with van der Waals surface area (Å²) in [4.78, 5) is 9.21. The fourth-order valence-electron chi connectivity index (χ4n) is 2.93. The van der Waals surface area contributed by atoms with E-state index in [1.807, 2.05) is 26.0 Å². The summed E-state index contributed by atoms with van der Waals surface area (Å²) in [7, 11) is -1.02. The van der Waals surface area contributed by atoms with Gasteiger partial charge in [-0.1, -0.05) is 48.5 Å². The molecule has 0 radical (unpaired) electrons. The first-order valence-corrected chi connectivity index (χ1v) is 11.8. The second-order valence-corrected chi connectivity index (χ2v) is 8.63. The average Bonchev–Trinajstić information content (AvgIpc) is 2.68. The number of ether oxygens (including phenoxy) is 2. The molecule has 0 atom stereocenters. The van der Waals surface area contributed by atoms with Gasteiger partial charge in [-0.2, -0.15) is 0 Å². The summed E-state index contributed by atoms with van der Waals surface area (Å²) in [5.74, 6) is 0.950. The molecule has 3 rings (SSSR count). The van der Waals surface area contributed by atoms with E-state index in [0.29, 0.717) is 26.4 Å². The molecule has 28 heavy (non-hydrogen) atoms. The van der Waals surface area contributed by atoms with Crippen LogP contribution in [0.15, 0.2) is 54.6 Å². The Bertz CT molecular complexity index is 804. The van der Waals surface area contributed by atoms with Gasteiger partial charge in [0.25, 0.3) is 0 Å². The van der Waals surface area contributed by atoms with Crippen LogP contribution in [0.25, 0.3) is 21.5 Å². The zero-order valence-electron chi connectivity index (χ0n) is 17.1. The predicted molar refractivity (Wildman–Crippen MR) is 119 cm³/mol. The number of rotatable bonds is 8. The average molecular weight is 406 g/mol. The Morgan fingerprint density at radius 3 is 1.79 bits per heavy atom. The van der Waals surface area contributed by atoms with Crippen molar-refractivity contribution in [2.45, 2.75) is 13.8 Å². The van der Waals surface area contributed by atoms with Gasteiger partial charge in [-0.3, -0.25) is 0 Å². The van der Waals surface area contributed by atoms with Crippen LogP contribution in [0.1, 0.15) is 13.8 Å². The summed E-state index contributed by atoms with van der Waals surface area (Å²) in [6, 6.07) is 18.8. The number of hydrogen-bond acceptors (Lipinski definition) is 5. The second kappa shape index (κ2) is 11.3. The Balaban J connectivity index is 0.000000266. The standard InChI is InChI=1S/C17H16O2.C5H15O3P/c1-18-10-11-19-17-15-8-4-2-6-13(15)12-14-7-3-5-9-16(14)17;1-4-7-9(3,6)8-5-2/h2-9,12H,10-11H2,1H3;6,9H,4-5H2,1-3H3. The van der Waals surface area contributed by atoms with E-state index < -0.39 is 7.94 Å². The smallest absolute Gasteiger partial charge is 0.135 e. The van der Waals surface area contributed by atoms with Crippen molar-refractivity contribution in [3.8, 4) is 5.75 Å². The van der Waals surface area contributed by atoms with Crippen LogP contribution < -0.4 is 4.74 Å². The van der Waals surface area contributed by atoms with Crippen LogP contribution in [0.2, 0.25) is 0 Å². The molecule has 3 aromatic carbocycles. The van der Waals surface area contributed by atoms with Crippen molar-refractivity contribution in [1.29, 1.82) is 0 Å². The molecule has 0 aliphatic heterocycles. The van der Waals surface area contributed by atoms with E-state index in [-0.39, 0.29) is 0 Å². The molecule has 0 fully saturated rings. The monoisotopic (exact) mass is 406 g/mol. The third-order valence-corrected chi connectivity index (χ3v) is 5.73. The fourth-order valence-corrected chi connectivity index (χ4v) is 4.09. The predicted octanol–water partition coefficient (Wildman–Crippen LogP) is 5.19. The van der Waals surface area contributed by atoms with E-state index in [2.05, 4.69) is 42.5 Å². The molecular formula is C22H31O5P. The molecule has 3 aromatic rings. The number of benzene rings is 3. The molecule has 0 unspecified atom stereocenters. The van der Waals surface area contributed by atoms with E-state index >= 15 is 0 Å². The van der Waals surface area contributed by atoms with E-state index in [1.54, 1.807) is 13.8 Å². The van der Waals surface area contributed by atoms with Gasteiger partial charge in [0, 0.05) is 17.9 Å². The molecule has 0 amide bonds. The van der Waals surface area contributed by atoms with Crippen molar-refractivity contribution in [2.75, 3.05) is 40.2 Å². The van der Waals surface area contributed by atoms with Crippen molar-refractivity contribution in [2.24, 2.45) is 0 Å². The van der Waals surface area contributed by atoms with Gasteiger partial charge < -0.3 is 9.47 Å². The summed E-state index contributed by atoms with van der Waals surface area (Å²) in [5.41, 5.74) is 0. The maximum absolute atomic E-state index is 9.21. The maximum atomic E-state index is 9.21. The minimum Gasteiger partial charge on any atom is -0.490 e. The van der Waals surface area contributed by atoms with E-state index in [1.165, 1.54) is 10.8 Å². The Hall–Kier alpha value is -1.75. The van der Waals surface area contributed by atoms with Crippen LogP contribution in [0.3, 0.4) is 0 Å². The van der Waals surface area contributed by atoms with Gasteiger partial charge in [-0.05, 0) is 16.8 Å². The third-order valence-electron chi connectivity index (χ3n) is 4.08. The summed E-state index contributed by atoms with van der Waals surface area (Å²) in [6.07, 6.45) is 0. The van der Waals surface area contributed by atoms with E-state index in [4.69, 9.17) is 18.5 Å². The van der Waals surface area contributed by atoms with Gasteiger partial charge >= 0.3 is 55.6 Å². The van der Waals surface area contributed by atoms with E-state index in [0.717, 1.165) is 16.5 Å². The first-order valence-electron chi connectivity index (χ1n) is 9.55. The van der Waals surface area contributed by atoms with Gasteiger partial charge in [-0.15, -0.1) is 0 Å². The van der Waals surface area contributed by atoms with Crippen molar-refractivity contribution < 1.29 is 23.4 Å². The fraction of sp³-hybridized carbons (Fsp3) is 0.364. The summed E-state index contributed by atoms with van der Waals surface area (Å²) >= 11 is 0. The van der Waals surface area contributed by atoms with Gasteiger partial charge in [0.15, 0.2) is 0 Å². The molecular weight excluding hydrogens is 375 g/mol. The van der Waals surface area contributed by atoms with Crippen LogP contribution in [-0.2, 0) is 13.8 Å². The van der Waals surface area contributed by atoms with E-state index in [9.17, 15) is 4.89 Å². The van der Waals surface area contributed by atoms with Crippen molar-refractivity contribution in [1.82, 2.24) is 0 Å². The number of hydrogen-bond donors (Lipinski definition) is 1. The molecule has 0 saturated carbocycles. The maximum Gasteiger partial charge on any atom is 0.135 e. The Kier molecular flexibility index (Phi) is 9.10. The van der Waals surface area contributed by atoms with Crippen molar-refractivity contribution >= 4 is 29.5 Å². The Morgan fingerprint density at radius 1 is 0.821 bits per heavy atom. The van der Waals surface area contributed by atoms with Crippen molar-refractivity contribution in [3.05, 3.63) is 54.6 Å². The van der Waals surface area contributed by atoms with Crippen LogP contribution >= 0.6 is 7.94 Å². The molecule has 0 aromatic heterocycles. The molecule has 0 heterocycles. The van der Waals surface area contributed by atoms with Crippen LogP contribution in [0.4, 0.5) is 0 Å². The molecule has 6 heteroatoms. The summed E-state index contributed by atoms with van der Waals surface area (Å²) in [5, 5.41) is 4.71. The minimum atomic E-state index is -2.70. The molecule has 0 aliphatic carbocycles. The first-order chi connectivity index (χ1) is 13.5. The summed E-state index contributed by atoms with van der Waals surface area (Å²) in [6.45, 7) is 7.46. The SMILES string of the molecule is CCO[PH](C)(O)OCC.COCCOc1c2ccccc2cc2ccccc12. The number of fused-ring (bicyclic) bond motifs is 2. The third kappa shape index (κ3) is 6.40. The van der Waals surface area contributed by atoms with Crippen LogP contribution in [0, 0.1) is 0 Å². The molecule has 154 valence electrons. The number of methoxy groups -OCH3 is 1. The van der Waals surface area contributed by atoms with Gasteiger partial charge in [0.05, 0.1) is 6.61 Å². The molecule has 0 spiro atoms. The second-order valence-electron chi connectivity index (χ2n) is 6.25. The zero-order valence-corrected chi connectivity index (χ0v) is 18.1. The van der Waals surface area contributed by atoms with Crippen LogP contribution in [0.5, 0.6) is 5.75 Å². The zero-order chi connectivity index (χ0) is 20.4. The van der Waals surface area contributed by atoms with Gasteiger partial charge in [-0.25, -0.2) is 0 Å². The van der Waals surface area contributed by atoms with Gasteiger partial charge in [0.1, 0.15) is 12.4 Å². The minimum absolute atomic E-state index is 0.513. The van der Waals surface area contributed by atoms with Crippen LogP contribution in [-0.4, -0.2) is 45.1 Å². The normalized spacial score (nSPS) is 11.9. The van der Waals surface area contributed by atoms with Gasteiger partial charge in [0.2, 0.25) is 0 Å². The Labute approximate surface area is 167 Å². The molecule has 0 saturated heterocycles. The summed E-state index contributed by atoms with van der Waals surface area (Å²) < 4.78 is 20.9. The molecule has 0 aliphatic rings. The quantitative estimate of drug-likeness (QED) is 0.317. The largest absolute Gasteiger partial charge is 0.490 e. The Morgan fingerprint density at radius 2 is 1.32 bits per heavy atom. The van der Waals surface area contributed by atoms with Crippen molar-refractivity contribution in [3.63, 3.8) is 0 Å². The topological polar surface area (TPSA) is 57.2 Å². The molecule has 5 nitrogen and oxygen atoms in total.